The van der Waals surface area contributed by atoms with Crippen molar-refractivity contribution in [1.82, 2.24) is 5.32 Å². The number of anilines is 1. The highest BCUT2D eigenvalue weighted by molar-refractivity contribution is 5.87. The van der Waals surface area contributed by atoms with Crippen LogP contribution in [0.15, 0.2) is 24.3 Å². The smallest absolute Gasteiger partial charge is 0.230 e. The average molecular weight is 288 g/mol. The van der Waals surface area contributed by atoms with Gasteiger partial charge in [-0.15, -0.1) is 0 Å². The first kappa shape index (κ1) is 15.9. The Labute approximate surface area is 128 Å². The molecule has 0 aliphatic heterocycles. The molecule has 1 saturated carbocycles. The molecule has 0 heterocycles. The fourth-order valence-electron chi connectivity index (χ4n) is 3.12. The molecule has 0 atom stereocenters. The number of nitrogens with one attached hydrogen (secondary N) is 1. The number of rotatable bonds is 5. The van der Waals surface area contributed by atoms with Gasteiger partial charge < -0.3 is 11.1 Å². The number of hydrogen-bond donors (Lipinski definition) is 2. The molecule has 0 aromatic heterocycles. The highest BCUT2D eigenvalue weighted by Gasteiger charge is 2.29. The minimum Gasteiger partial charge on any atom is -0.399 e. The van der Waals surface area contributed by atoms with Gasteiger partial charge in [-0.05, 0) is 43.9 Å². The summed E-state index contributed by atoms with van der Waals surface area (Å²) < 4.78 is 0. The van der Waals surface area contributed by atoms with Crippen molar-refractivity contribution < 1.29 is 4.79 Å². The van der Waals surface area contributed by atoms with Crippen molar-refractivity contribution in [2.45, 2.75) is 57.8 Å². The van der Waals surface area contributed by atoms with E-state index in [-0.39, 0.29) is 5.91 Å². The maximum atomic E-state index is 12.4. The largest absolute Gasteiger partial charge is 0.399 e. The zero-order valence-electron chi connectivity index (χ0n) is 13.3. The Kier molecular flexibility index (Phi) is 5.27. The van der Waals surface area contributed by atoms with Gasteiger partial charge in [0.2, 0.25) is 5.91 Å². The third kappa shape index (κ3) is 4.23. The first-order chi connectivity index (χ1) is 10.00. The van der Waals surface area contributed by atoms with Gasteiger partial charge in [-0.1, -0.05) is 44.2 Å². The Morgan fingerprint density at radius 3 is 2.43 bits per heavy atom. The second-order valence-electron chi connectivity index (χ2n) is 6.80. The van der Waals surface area contributed by atoms with E-state index in [1.54, 1.807) is 0 Å². The highest BCUT2D eigenvalue weighted by Crippen LogP contribution is 2.27. The van der Waals surface area contributed by atoms with E-state index in [4.69, 9.17) is 5.73 Å². The zero-order valence-corrected chi connectivity index (χ0v) is 13.3. The number of benzene rings is 1. The third-order valence-electron chi connectivity index (χ3n) is 4.76. The molecule has 21 heavy (non-hydrogen) atoms. The van der Waals surface area contributed by atoms with Crippen molar-refractivity contribution >= 4 is 11.6 Å². The molecule has 0 unspecified atom stereocenters. The number of amides is 1. The standard InChI is InChI=1S/C18H28N2O/c1-18(2,15-8-10-16(19)11-9-15)17(21)20-13-12-14-6-4-3-5-7-14/h8-11,14H,3-7,12-13,19H2,1-2H3,(H,20,21). The first-order valence-electron chi connectivity index (χ1n) is 8.14. The third-order valence-corrected chi connectivity index (χ3v) is 4.76. The molecule has 1 fully saturated rings. The summed E-state index contributed by atoms with van der Waals surface area (Å²) in [5.74, 6) is 0.904. The van der Waals surface area contributed by atoms with Crippen LogP contribution in [-0.2, 0) is 10.2 Å². The van der Waals surface area contributed by atoms with Crippen LogP contribution in [0.2, 0.25) is 0 Å². The molecule has 1 aliphatic carbocycles. The molecule has 0 radical (unpaired) electrons. The molecule has 0 bridgehead atoms. The fraction of sp³-hybridized carbons (Fsp3) is 0.611. The molecule has 3 N–H and O–H groups in total. The van der Waals surface area contributed by atoms with Gasteiger partial charge in [-0.25, -0.2) is 0 Å². The minimum atomic E-state index is -0.514. The highest BCUT2D eigenvalue weighted by atomic mass is 16.2. The molecule has 1 amide bonds. The summed E-state index contributed by atoms with van der Waals surface area (Å²) in [6.07, 6.45) is 7.87. The van der Waals surface area contributed by atoms with E-state index in [0.29, 0.717) is 0 Å². The van der Waals surface area contributed by atoms with Crippen molar-refractivity contribution in [3.05, 3.63) is 29.8 Å². The van der Waals surface area contributed by atoms with Gasteiger partial charge in [-0.3, -0.25) is 4.79 Å². The lowest BCUT2D eigenvalue weighted by Crippen LogP contribution is -2.40. The molecular weight excluding hydrogens is 260 g/mol. The van der Waals surface area contributed by atoms with Crippen LogP contribution in [0.25, 0.3) is 0 Å². The molecule has 3 heteroatoms. The lowest BCUT2D eigenvalue weighted by atomic mass is 9.83. The van der Waals surface area contributed by atoms with Gasteiger partial charge >= 0.3 is 0 Å². The van der Waals surface area contributed by atoms with E-state index >= 15 is 0 Å². The lowest BCUT2D eigenvalue weighted by molar-refractivity contribution is -0.125. The van der Waals surface area contributed by atoms with E-state index in [1.165, 1.54) is 32.1 Å². The van der Waals surface area contributed by atoms with E-state index < -0.39 is 5.41 Å². The van der Waals surface area contributed by atoms with Crippen molar-refractivity contribution in [2.24, 2.45) is 5.92 Å². The maximum absolute atomic E-state index is 12.4. The van der Waals surface area contributed by atoms with Crippen molar-refractivity contribution in [3.8, 4) is 0 Å². The van der Waals surface area contributed by atoms with Gasteiger partial charge in [-0.2, -0.15) is 0 Å². The molecule has 1 aromatic rings. The summed E-state index contributed by atoms with van der Waals surface area (Å²) in [4.78, 5) is 12.4. The second kappa shape index (κ2) is 6.97. The Hall–Kier alpha value is -1.51. The Bertz CT molecular complexity index is 459. The van der Waals surface area contributed by atoms with Crippen LogP contribution in [0.3, 0.4) is 0 Å². The number of carbonyl (C=O) groups is 1. The zero-order chi connectivity index (χ0) is 15.3. The Morgan fingerprint density at radius 2 is 1.81 bits per heavy atom. The maximum Gasteiger partial charge on any atom is 0.230 e. The topological polar surface area (TPSA) is 55.1 Å². The lowest BCUT2D eigenvalue weighted by Gasteiger charge is -2.26. The summed E-state index contributed by atoms with van der Waals surface area (Å²) in [5, 5.41) is 3.11. The molecular formula is C18H28N2O. The van der Waals surface area contributed by atoms with Crippen molar-refractivity contribution in [2.75, 3.05) is 12.3 Å². The number of carbonyl (C=O) groups excluding carboxylic acids is 1. The summed E-state index contributed by atoms with van der Waals surface area (Å²) in [5.41, 5.74) is 6.93. The Morgan fingerprint density at radius 1 is 1.19 bits per heavy atom. The second-order valence-corrected chi connectivity index (χ2v) is 6.80. The summed E-state index contributed by atoms with van der Waals surface area (Å²) >= 11 is 0. The molecule has 116 valence electrons. The number of nitrogens with two attached hydrogens (primary N) is 1. The van der Waals surface area contributed by atoms with Gasteiger partial charge in [0.15, 0.2) is 0 Å². The van der Waals surface area contributed by atoms with Gasteiger partial charge in [0.25, 0.3) is 0 Å². The van der Waals surface area contributed by atoms with E-state index in [1.807, 2.05) is 38.1 Å². The van der Waals surface area contributed by atoms with Crippen molar-refractivity contribution in [1.29, 1.82) is 0 Å². The molecule has 0 spiro atoms. The number of nitrogen functional groups attached to an aromatic ring is 1. The van der Waals surface area contributed by atoms with Crippen molar-refractivity contribution in [3.63, 3.8) is 0 Å². The van der Waals surface area contributed by atoms with Gasteiger partial charge in [0, 0.05) is 12.2 Å². The van der Waals surface area contributed by atoms with Crippen LogP contribution in [0.4, 0.5) is 5.69 Å². The predicted octanol–water partition coefficient (Wildman–Crippen LogP) is 3.63. The first-order valence-corrected chi connectivity index (χ1v) is 8.14. The minimum absolute atomic E-state index is 0.100. The molecule has 3 nitrogen and oxygen atoms in total. The van der Waals surface area contributed by atoms with Crippen LogP contribution in [0.5, 0.6) is 0 Å². The number of hydrogen-bond acceptors (Lipinski definition) is 2. The van der Waals surface area contributed by atoms with Gasteiger partial charge in [0.05, 0.1) is 5.41 Å². The molecule has 1 aromatic carbocycles. The van der Waals surface area contributed by atoms with E-state index in [2.05, 4.69) is 5.32 Å². The van der Waals surface area contributed by atoms with Gasteiger partial charge in [0.1, 0.15) is 0 Å². The molecule has 2 rings (SSSR count). The normalized spacial score (nSPS) is 16.7. The van der Waals surface area contributed by atoms with Crippen LogP contribution >= 0.6 is 0 Å². The van der Waals surface area contributed by atoms with E-state index in [0.717, 1.165) is 30.1 Å². The quantitative estimate of drug-likeness (QED) is 0.813. The predicted molar refractivity (Wildman–Crippen MR) is 88.1 cm³/mol. The summed E-state index contributed by atoms with van der Waals surface area (Å²) in [6, 6.07) is 7.59. The summed E-state index contributed by atoms with van der Waals surface area (Å²) in [7, 11) is 0. The fourth-order valence-corrected chi connectivity index (χ4v) is 3.12. The summed E-state index contributed by atoms with van der Waals surface area (Å²) in [6.45, 7) is 4.73. The molecule has 1 aliphatic rings. The van der Waals surface area contributed by atoms with Crippen LogP contribution in [0.1, 0.15) is 57.9 Å². The average Bonchev–Trinajstić information content (AvgIpc) is 2.48. The monoisotopic (exact) mass is 288 g/mol. The van der Waals surface area contributed by atoms with Crippen LogP contribution in [-0.4, -0.2) is 12.5 Å². The van der Waals surface area contributed by atoms with Crippen LogP contribution < -0.4 is 11.1 Å². The van der Waals surface area contributed by atoms with E-state index in [9.17, 15) is 4.79 Å². The Balaban J connectivity index is 1.84. The molecule has 0 saturated heterocycles. The van der Waals surface area contributed by atoms with Crippen LogP contribution in [0, 0.1) is 5.92 Å². The SMILES string of the molecule is CC(C)(C(=O)NCCC1CCCCC1)c1ccc(N)cc1.